The van der Waals surface area contributed by atoms with Crippen molar-refractivity contribution in [1.29, 1.82) is 0 Å². The molecule has 1 amide bonds. The van der Waals surface area contributed by atoms with Crippen LogP contribution in [0.3, 0.4) is 0 Å². The lowest BCUT2D eigenvalue weighted by Crippen LogP contribution is -2.23. The number of aryl methyl sites for hydroxylation is 1. The molecule has 0 spiro atoms. The molecule has 0 saturated carbocycles. The maximum absolute atomic E-state index is 12.2. The molecule has 7 nitrogen and oxygen atoms in total. The monoisotopic (exact) mass is 287 g/mol. The molecular formula is C14H13N3O4. The van der Waals surface area contributed by atoms with E-state index in [1.807, 2.05) is 0 Å². The predicted molar refractivity (Wildman–Crippen MR) is 73.2 cm³/mol. The molecule has 3 N–H and O–H groups in total. The fourth-order valence-corrected chi connectivity index (χ4v) is 1.92. The van der Waals surface area contributed by atoms with Crippen LogP contribution in [-0.4, -0.2) is 11.1 Å². The number of furan rings is 2. The van der Waals surface area contributed by atoms with Crippen LogP contribution in [0.5, 0.6) is 0 Å². The smallest absolute Gasteiger partial charge is 0.259 e. The quantitative estimate of drug-likeness (QED) is 0.762. The second-order valence-corrected chi connectivity index (χ2v) is 4.44. The van der Waals surface area contributed by atoms with Crippen molar-refractivity contribution in [2.75, 3.05) is 5.73 Å². The molecule has 0 radical (unpaired) electrons. The van der Waals surface area contributed by atoms with E-state index in [1.54, 1.807) is 31.2 Å². The Morgan fingerprint density at radius 1 is 1.38 bits per heavy atom. The number of nitrogen functional groups attached to an aromatic ring is 1. The molecule has 0 aliphatic carbocycles. The number of anilines is 1. The number of nitrogens with two attached hydrogens (primary N) is 1. The topological polar surface area (TPSA) is 107 Å². The number of nitrogens with zero attached hydrogens (tertiary/aromatic N) is 1. The zero-order valence-electron chi connectivity index (χ0n) is 11.3. The number of carbonyl (C=O) groups is 1. The average Bonchev–Trinajstić information content (AvgIpc) is 3.17. The molecule has 0 aliphatic rings. The molecule has 0 atom stereocenters. The van der Waals surface area contributed by atoms with E-state index in [9.17, 15) is 4.79 Å². The van der Waals surface area contributed by atoms with E-state index in [2.05, 4.69) is 10.5 Å². The fraction of sp³-hybridized carbons (Fsp3) is 0.143. The summed E-state index contributed by atoms with van der Waals surface area (Å²) in [6.07, 6.45) is 1.53. The Kier molecular flexibility index (Phi) is 3.23. The Bertz CT molecular complexity index is 755. The summed E-state index contributed by atoms with van der Waals surface area (Å²) < 4.78 is 15.5. The number of rotatable bonds is 4. The van der Waals surface area contributed by atoms with E-state index < -0.39 is 5.91 Å². The van der Waals surface area contributed by atoms with Crippen molar-refractivity contribution < 1.29 is 18.2 Å². The molecule has 0 aliphatic heterocycles. The third kappa shape index (κ3) is 2.53. The first-order valence-corrected chi connectivity index (χ1v) is 6.27. The Labute approximate surface area is 119 Å². The second-order valence-electron chi connectivity index (χ2n) is 4.44. The summed E-state index contributed by atoms with van der Waals surface area (Å²) in [6.45, 7) is 2.04. The highest BCUT2D eigenvalue weighted by Crippen LogP contribution is 2.28. The second kappa shape index (κ2) is 5.20. The van der Waals surface area contributed by atoms with Gasteiger partial charge in [0, 0.05) is 0 Å². The molecule has 3 aromatic rings. The maximum Gasteiger partial charge on any atom is 0.259 e. The SMILES string of the molecule is Cc1ccc(-c2noc(N)c2C(=O)NCc2ccco2)o1. The molecule has 0 unspecified atom stereocenters. The van der Waals surface area contributed by atoms with E-state index in [1.165, 1.54) is 6.26 Å². The molecule has 3 aromatic heterocycles. The van der Waals surface area contributed by atoms with Gasteiger partial charge in [0.15, 0.2) is 11.5 Å². The van der Waals surface area contributed by atoms with Gasteiger partial charge in [0.1, 0.15) is 17.1 Å². The first-order chi connectivity index (χ1) is 10.1. The van der Waals surface area contributed by atoms with Gasteiger partial charge in [-0.15, -0.1) is 0 Å². The molecule has 108 valence electrons. The highest BCUT2D eigenvalue weighted by molar-refractivity contribution is 6.03. The maximum atomic E-state index is 12.2. The molecule has 3 rings (SSSR count). The van der Waals surface area contributed by atoms with E-state index in [4.69, 9.17) is 19.1 Å². The standard InChI is InChI=1S/C14H13N3O4/c1-8-4-5-10(20-8)12-11(13(15)21-17-12)14(18)16-7-9-3-2-6-19-9/h2-6H,7,15H2,1H3,(H,16,18). The van der Waals surface area contributed by atoms with Gasteiger partial charge in [-0.3, -0.25) is 4.79 Å². The van der Waals surface area contributed by atoms with E-state index in [-0.39, 0.29) is 23.7 Å². The van der Waals surface area contributed by atoms with Crippen LogP contribution in [-0.2, 0) is 6.54 Å². The molecule has 3 heterocycles. The Morgan fingerprint density at radius 2 is 2.24 bits per heavy atom. The number of nitrogens with one attached hydrogen (secondary N) is 1. The van der Waals surface area contributed by atoms with Crippen LogP contribution >= 0.6 is 0 Å². The van der Waals surface area contributed by atoms with Crippen molar-refractivity contribution in [3.63, 3.8) is 0 Å². The number of amides is 1. The van der Waals surface area contributed by atoms with Crippen LogP contribution in [0.15, 0.2) is 43.9 Å². The van der Waals surface area contributed by atoms with Gasteiger partial charge < -0.3 is 24.4 Å². The minimum absolute atomic E-state index is 0.0593. The lowest BCUT2D eigenvalue weighted by atomic mass is 10.2. The number of hydrogen-bond acceptors (Lipinski definition) is 6. The van der Waals surface area contributed by atoms with Gasteiger partial charge in [-0.2, -0.15) is 0 Å². The van der Waals surface area contributed by atoms with Gasteiger partial charge in [0.05, 0.1) is 12.8 Å². The first-order valence-electron chi connectivity index (χ1n) is 6.27. The highest BCUT2D eigenvalue weighted by Gasteiger charge is 2.24. The molecule has 0 saturated heterocycles. The number of carbonyl (C=O) groups excluding carboxylic acids is 1. The van der Waals surface area contributed by atoms with Crippen LogP contribution in [0.2, 0.25) is 0 Å². The summed E-state index contributed by atoms with van der Waals surface area (Å²) in [6, 6.07) is 6.97. The fourth-order valence-electron chi connectivity index (χ4n) is 1.92. The molecule has 7 heteroatoms. The van der Waals surface area contributed by atoms with Crippen molar-refractivity contribution >= 4 is 11.8 Å². The summed E-state index contributed by atoms with van der Waals surface area (Å²) >= 11 is 0. The normalized spacial score (nSPS) is 10.7. The number of aromatic nitrogens is 1. The van der Waals surface area contributed by atoms with Crippen molar-refractivity contribution in [3.05, 3.63) is 47.6 Å². The van der Waals surface area contributed by atoms with Crippen LogP contribution < -0.4 is 11.1 Å². The lowest BCUT2D eigenvalue weighted by Gasteiger charge is -2.02. The van der Waals surface area contributed by atoms with Gasteiger partial charge in [0.25, 0.3) is 5.91 Å². The number of hydrogen-bond donors (Lipinski definition) is 2. The van der Waals surface area contributed by atoms with Gasteiger partial charge in [-0.25, -0.2) is 0 Å². The Balaban J connectivity index is 1.84. The first kappa shape index (κ1) is 13.0. The van der Waals surface area contributed by atoms with E-state index >= 15 is 0 Å². The van der Waals surface area contributed by atoms with Crippen LogP contribution in [0, 0.1) is 6.92 Å². The van der Waals surface area contributed by atoms with Gasteiger partial charge in [-0.05, 0) is 31.2 Å². The van der Waals surface area contributed by atoms with E-state index in [0.717, 1.165) is 0 Å². The minimum Gasteiger partial charge on any atom is -0.467 e. The minimum atomic E-state index is -0.408. The van der Waals surface area contributed by atoms with Gasteiger partial charge in [0.2, 0.25) is 5.88 Å². The zero-order chi connectivity index (χ0) is 14.8. The molecule has 0 bridgehead atoms. The highest BCUT2D eigenvalue weighted by atomic mass is 16.5. The average molecular weight is 287 g/mol. The van der Waals surface area contributed by atoms with Crippen LogP contribution in [0.1, 0.15) is 21.9 Å². The third-order valence-corrected chi connectivity index (χ3v) is 2.92. The Morgan fingerprint density at radius 3 is 2.90 bits per heavy atom. The van der Waals surface area contributed by atoms with Gasteiger partial charge >= 0.3 is 0 Å². The Hall–Kier alpha value is -2.96. The molecular weight excluding hydrogens is 274 g/mol. The lowest BCUT2D eigenvalue weighted by molar-refractivity contribution is 0.0949. The van der Waals surface area contributed by atoms with Crippen LogP contribution in [0.4, 0.5) is 5.88 Å². The van der Waals surface area contributed by atoms with Crippen molar-refractivity contribution in [1.82, 2.24) is 10.5 Å². The predicted octanol–water partition coefficient (Wildman–Crippen LogP) is 2.35. The third-order valence-electron chi connectivity index (χ3n) is 2.92. The summed E-state index contributed by atoms with van der Waals surface area (Å²) in [7, 11) is 0. The molecule has 21 heavy (non-hydrogen) atoms. The summed E-state index contributed by atoms with van der Waals surface area (Å²) in [5.74, 6) is 1.29. The summed E-state index contributed by atoms with van der Waals surface area (Å²) in [4.78, 5) is 12.2. The van der Waals surface area contributed by atoms with Crippen molar-refractivity contribution in [3.8, 4) is 11.5 Å². The molecule has 0 aromatic carbocycles. The van der Waals surface area contributed by atoms with E-state index in [0.29, 0.717) is 17.3 Å². The zero-order valence-corrected chi connectivity index (χ0v) is 11.3. The summed E-state index contributed by atoms with van der Waals surface area (Å²) in [5, 5.41) is 6.48. The largest absolute Gasteiger partial charge is 0.467 e. The van der Waals surface area contributed by atoms with Gasteiger partial charge in [-0.1, -0.05) is 5.16 Å². The van der Waals surface area contributed by atoms with Crippen LogP contribution in [0.25, 0.3) is 11.5 Å². The van der Waals surface area contributed by atoms with Crippen molar-refractivity contribution in [2.45, 2.75) is 13.5 Å². The van der Waals surface area contributed by atoms with Crippen molar-refractivity contribution in [2.24, 2.45) is 0 Å². The molecule has 0 fully saturated rings. The summed E-state index contributed by atoms with van der Waals surface area (Å²) in [5.41, 5.74) is 6.10.